The highest BCUT2D eigenvalue weighted by Crippen LogP contribution is 2.49. The summed E-state index contributed by atoms with van der Waals surface area (Å²) in [4.78, 5) is 30.8. The molecule has 8 atom stereocenters. The van der Waals surface area contributed by atoms with Crippen molar-refractivity contribution in [2.45, 2.75) is 113 Å². The molecule has 6 aliphatic rings. The van der Waals surface area contributed by atoms with Gasteiger partial charge in [0.25, 0.3) is 11.8 Å². The number of aliphatic hydroxyl groups excluding tert-OH is 2. The maximum Gasteiger partial charge on any atom is 0.264 e. The molecule has 0 unspecified atom stereocenters. The van der Waals surface area contributed by atoms with E-state index in [1.165, 1.54) is 34.4 Å². The number of nitrogens with one attached hydrogen (secondary N) is 2. The summed E-state index contributed by atoms with van der Waals surface area (Å²) >= 11 is 12.7. The van der Waals surface area contributed by atoms with E-state index in [0.717, 1.165) is 98.7 Å². The van der Waals surface area contributed by atoms with E-state index in [0.29, 0.717) is 74.3 Å². The van der Waals surface area contributed by atoms with Crippen molar-refractivity contribution < 1.29 is 46.1 Å². The van der Waals surface area contributed by atoms with Gasteiger partial charge in [-0.25, -0.2) is 26.3 Å². The second-order valence-corrected chi connectivity index (χ2v) is 28.1. The predicted molar refractivity (Wildman–Crippen MR) is 327 cm³/mol. The molecule has 14 nitrogen and oxygen atoms in total. The second kappa shape index (κ2) is 26.1. The number of anilines is 2. The number of ether oxygens (including phenoxy) is 2. The number of aliphatic hydroxyl groups is 2. The smallest absolute Gasteiger partial charge is 0.264 e. The molecule has 4 aromatic rings. The minimum Gasteiger partial charge on any atom is -0.490 e. The van der Waals surface area contributed by atoms with Crippen molar-refractivity contribution in [1.82, 2.24) is 9.44 Å². The number of halogens is 2. The molecule has 2 fully saturated rings. The van der Waals surface area contributed by atoms with Gasteiger partial charge in [-0.1, -0.05) is 59.6 Å². The molecule has 440 valence electrons. The minimum absolute atomic E-state index is 0.200. The van der Waals surface area contributed by atoms with Crippen molar-refractivity contribution in [1.29, 1.82) is 0 Å². The summed E-state index contributed by atoms with van der Waals surface area (Å²) in [5.41, 5.74) is 6.59. The van der Waals surface area contributed by atoms with Crippen LogP contribution < -0.4 is 28.7 Å². The summed E-state index contributed by atoms with van der Waals surface area (Å²) in [5.74, 6) is 1.13. The van der Waals surface area contributed by atoms with Crippen molar-refractivity contribution in [2.75, 3.05) is 60.7 Å². The molecule has 0 saturated heterocycles. The monoisotopic (exact) mass is 1200 g/mol. The number of hydrogen-bond acceptors (Lipinski definition) is 12. The molecule has 4 aromatic carbocycles. The van der Waals surface area contributed by atoms with Crippen molar-refractivity contribution >= 4 is 66.4 Å². The Morgan fingerprint density at radius 3 is 1.38 bits per heavy atom. The highest BCUT2D eigenvalue weighted by atomic mass is 35.5. The van der Waals surface area contributed by atoms with Crippen LogP contribution in [0.4, 0.5) is 11.4 Å². The number of hydrogen-bond donors (Lipinski definition) is 4. The molecule has 2 saturated carbocycles. The molecule has 10 rings (SSSR count). The molecular weight excluding hydrogens is 1120 g/mol. The zero-order valence-corrected chi connectivity index (χ0v) is 49.9. The third-order valence-electron chi connectivity index (χ3n) is 18.0. The third kappa shape index (κ3) is 14.1. The third-order valence-corrected chi connectivity index (χ3v) is 21.0. The van der Waals surface area contributed by atoms with Crippen LogP contribution in [-0.2, 0) is 43.7 Å². The number of fused-ring (bicyclic) bond motifs is 6. The Kier molecular flexibility index (Phi) is 19.4. The molecule has 82 heavy (non-hydrogen) atoms. The summed E-state index contributed by atoms with van der Waals surface area (Å²) in [6, 6.07) is 22.6. The number of rotatable bonds is 20. The number of allylic oxidation sites excluding steroid dienone is 2. The Morgan fingerprint density at radius 2 is 1.01 bits per heavy atom. The first-order chi connectivity index (χ1) is 39.3. The number of nitrogens with zero attached hydrogens (tertiary/aromatic N) is 2. The van der Waals surface area contributed by atoms with Crippen LogP contribution in [0.1, 0.15) is 120 Å². The van der Waals surface area contributed by atoms with Crippen molar-refractivity contribution in [2.24, 2.45) is 23.7 Å². The summed E-state index contributed by atoms with van der Waals surface area (Å²) < 4.78 is 67.0. The lowest BCUT2D eigenvalue weighted by atomic mass is 9.68. The zero-order valence-electron chi connectivity index (χ0n) is 46.7. The second-order valence-electron chi connectivity index (χ2n) is 23.5. The van der Waals surface area contributed by atoms with Gasteiger partial charge >= 0.3 is 0 Å². The fourth-order valence-corrected chi connectivity index (χ4v) is 15.6. The molecular formula is C64H78Cl2N4O10S2. The van der Waals surface area contributed by atoms with Gasteiger partial charge in [0, 0.05) is 58.2 Å². The first-order valence-electron chi connectivity index (χ1n) is 28.8. The molecule has 2 spiro atoms. The van der Waals surface area contributed by atoms with Crippen LogP contribution in [0.15, 0.2) is 123 Å². The standard InChI is InChI=1S/2C32H39ClN2O5S/c2*1-3-5-15-41(38,39)34-31(37)24-10-13-30-29(18-24)35(19-25-9-8-22(25)17-27(36)4-2)20-32(21-40-30)14-6-7-23-16-26(33)11-12-28(23)32/h2*3-4,10-13,16,18,22,25,27,36H,1-2,5-9,14-15,17,19-21H2,(H,34,37)/t22-,25-,27+,32-;22-,25-,27-,32-/m00/s1. The molecule has 2 aliphatic heterocycles. The van der Waals surface area contributed by atoms with E-state index in [1.807, 2.05) is 12.1 Å². The molecule has 0 radical (unpaired) electrons. The Morgan fingerprint density at radius 1 is 0.610 bits per heavy atom. The van der Waals surface area contributed by atoms with Crippen LogP contribution in [0.25, 0.3) is 0 Å². The topological polar surface area (TPSA) is 192 Å². The maximum atomic E-state index is 13.1. The lowest BCUT2D eigenvalue weighted by Gasteiger charge is -2.45. The molecule has 0 aromatic heterocycles. The van der Waals surface area contributed by atoms with Crippen molar-refractivity contribution in [3.05, 3.63) is 167 Å². The van der Waals surface area contributed by atoms with Crippen LogP contribution in [-0.4, -0.2) is 102 Å². The van der Waals surface area contributed by atoms with Gasteiger partial charge in [-0.3, -0.25) is 9.59 Å². The summed E-state index contributed by atoms with van der Waals surface area (Å²) in [6.07, 6.45) is 17.2. The van der Waals surface area contributed by atoms with Gasteiger partial charge in [0.05, 0.1) is 48.3 Å². The molecule has 0 bridgehead atoms. The summed E-state index contributed by atoms with van der Waals surface area (Å²) in [6.45, 7) is 18.5. The number of benzene rings is 4. The van der Waals surface area contributed by atoms with Gasteiger partial charge in [-0.05, 0) is 196 Å². The molecule has 2 heterocycles. The Hall–Kier alpha value is -5.62. The Balaban J connectivity index is 0.000000198. The number of aryl methyl sites for hydroxylation is 2. The minimum atomic E-state index is -3.79. The zero-order chi connectivity index (χ0) is 58.4. The Bertz CT molecular complexity index is 3070. The van der Waals surface area contributed by atoms with Gasteiger partial charge in [-0.2, -0.15) is 0 Å². The quantitative estimate of drug-likeness (QED) is 0.0613. The van der Waals surface area contributed by atoms with E-state index in [2.05, 4.69) is 69.8 Å². The Labute approximate surface area is 494 Å². The highest BCUT2D eigenvalue weighted by molar-refractivity contribution is 7.90. The lowest BCUT2D eigenvalue weighted by Crippen LogP contribution is -2.48. The first-order valence-corrected chi connectivity index (χ1v) is 32.9. The van der Waals surface area contributed by atoms with Crippen molar-refractivity contribution in [3.63, 3.8) is 0 Å². The number of carbonyl (C=O) groups excluding carboxylic acids is 2. The molecule has 18 heteroatoms. The van der Waals surface area contributed by atoms with E-state index in [-0.39, 0.29) is 46.3 Å². The predicted octanol–water partition coefficient (Wildman–Crippen LogP) is 10.8. The van der Waals surface area contributed by atoms with Crippen LogP contribution in [0.5, 0.6) is 11.5 Å². The molecule has 4 N–H and O–H groups in total. The van der Waals surface area contributed by atoms with E-state index < -0.39 is 44.1 Å². The maximum absolute atomic E-state index is 13.1. The van der Waals surface area contributed by atoms with Gasteiger partial charge in [0.2, 0.25) is 20.0 Å². The van der Waals surface area contributed by atoms with E-state index >= 15 is 0 Å². The highest BCUT2D eigenvalue weighted by Gasteiger charge is 2.46. The SMILES string of the molecule is C=CCCS(=O)(=O)NC(=O)c1ccc2c(c1)N(C[C@@H]1CC[C@H]1C[C@@H](O)C=C)C[C@@]1(CCCc3cc(Cl)ccc31)CO2.C=CCCS(=O)(=O)NC(=O)c1ccc2c(c1)N(C[C@@H]1CC[C@H]1C[C@H](O)C=C)C[C@@]1(CCCc3cc(Cl)ccc31)CO2. The number of carbonyl (C=O) groups is 2. The van der Waals surface area contributed by atoms with Gasteiger partial charge in [0.15, 0.2) is 0 Å². The fourth-order valence-electron chi connectivity index (χ4n) is 13.2. The van der Waals surface area contributed by atoms with Crippen LogP contribution >= 0.6 is 23.2 Å². The summed E-state index contributed by atoms with van der Waals surface area (Å²) in [7, 11) is -7.57. The van der Waals surface area contributed by atoms with Gasteiger partial charge in [0.1, 0.15) is 11.5 Å². The van der Waals surface area contributed by atoms with E-state index in [1.54, 1.807) is 48.6 Å². The number of amides is 2. The van der Waals surface area contributed by atoms with E-state index in [9.17, 15) is 36.6 Å². The average molecular weight is 1200 g/mol. The van der Waals surface area contributed by atoms with Gasteiger partial charge in [-0.15, -0.1) is 26.3 Å². The van der Waals surface area contributed by atoms with Gasteiger partial charge < -0.3 is 29.5 Å². The normalized spacial score (nSPS) is 24.2. The fraction of sp³-hybridized carbons (Fsp3) is 0.469. The molecule has 2 amide bonds. The molecule has 4 aliphatic carbocycles. The summed E-state index contributed by atoms with van der Waals surface area (Å²) in [5, 5.41) is 21.9. The van der Waals surface area contributed by atoms with Crippen molar-refractivity contribution in [3.8, 4) is 11.5 Å². The number of sulfonamides is 2. The largest absolute Gasteiger partial charge is 0.490 e. The van der Waals surface area contributed by atoms with Crippen LogP contribution in [0.3, 0.4) is 0 Å². The van der Waals surface area contributed by atoms with Crippen LogP contribution in [0, 0.1) is 23.7 Å². The first kappa shape index (κ1) is 61.0. The lowest BCUT2D eigenvalue weighted by molar-refractivity contribution is 0.0972. The van der Waals surface area contributed by atoms with E-state index in [4.69, 9.17) is 32.7 Å². The average Bonchev–Trinajstić information content (AvgIpc) is 2.55. The van der Waals surface area contributed by atoms with Crippen LogP contribution in [0.2, 0.25) is 10.0 Å².